The lowest BCUT2D eigenvalue weighted by Gasteiger charge is -2.39. The van der Waals surface area contributed by atoms with Crippen molar-refractivity contribution in [3.8, 4) is 5.75 Å². The maximum Gasteiger partial charge on any atom is 0.127 e. The molecule has 1 aromatic rings. The van der Waals surface area contributed by atoms with Crippen LogP contribution in [-0.2, 0) is 5.88 Å². The van der Waals surface area contributed by atoms with Gasteiger partial charge in [-0.3, -0.25) is 4.98 Å². The van der Waals surface area contributed by atoms with Crippen LogP contribution in [0, 0.1) is 23.7 Å². The van der Waals surface area contributed by atoms with Crippen molar-refractivity contribution >= 4 is 11.6 Å². The summed E-state index contributed by atoms with van der Waals surface area (Å²) < 4.78 is 6.43. The third-order valence-corrected chi connectivity index (χ3v) is 6.50. The average molecular weight is 294 g/mol. The molecule has 1 heterocycles. The van der Waals surface area contributed by atoms with E-state index >= 15 is 0 Å². The minimum Gasteiger partial charge on any atom is -0.489 e. The highest BCUT2D eigenvalue weighted by Crippen LogP contribution is 2.66. The standard InChI is InChI=1S/C17H24ClNO/c1-11-7-14(12(9-18)10-19-11)20-15-8-13-5-6-17(15,4)16(13,2)3/h7,10,13,15H,5-6,8-9H2,1-4H3. The number of ether oxygens (including phenoxy) is 1. The summed E-state index contributed by atoms with van der Waals surface area (Å²) in [4.78, 5) is 4.31. The Morgan fingerprint density at radius 2 is 2.15 bits per heavy atom. The topological polar surface area (TPSA) is 22.1 Å². The maximum absolute atomic E-state index is 6.43. The second-order valence-corrected chi connectivity index (χ2v) is 7.55. The number of rotatable bonds is 3. The predicted octanol–water partition coefficient (Wildman–Crippen LogP) is 4.72. The Hall–Kier alpha value is -0.760. The Morgan fingerprint density at radius 3 is 2.70 bits per heavy atom. The van der Waals surface area contributed by atoms with Gasteiger partial charge in [0.25, 0.3) is 0 Å². The van der Waals surface area contributed by atoms with E-state index in [0.29, 0.717) is 17.4 Å². The molecule has 2 aliphatic carbocycles. The summed E-state index contributed by atoms with van der Waals surface area (Å²) in [5.41, 5.74) is 2.64. The number of nitrogens with zero attached hydrogens (tertiary/aromatic N) is 1. The van der Waals surface area contributed by atoms with Crippen molar-refractivity contribution in [1.29, 1.82) is 0 Å². The zero-order valence-corrected chi connectivity index (χ0v) is 13.6. The van der Waals surface area contributed by atoms with Crippen molar-refractivity contribution in [2.75, 3.05) is 0 Å². The van der Waals surface area contributed by atoms with E-state index in [1.807, 2.05) is 19.2 Å². The Balaban J connectivity index is 1.88. The van der Waals surface area contributed by atoms with Crippen LogP contribution < -0.4 is 4.74 Å². The largest absolute Gasteiger partial charge is 0.489 e. The van der Waals surface area contributed by atoms with E-state index in [2.05, 4.69) is 25.8 Å². The molecule has 3 unspecified atom stereocenters. The quantitative estimate of drug-likeness (QED) is 0.752. The molecule has 1 aromatic heterocycles. The van der Waals surface area contributed by atoms with Crippen LogP contribution in [0.15, 0.2) is 12.3 Å². The molecule has 0 saturated heterocycles. The molecule has 20 heavy (non-hydrogen) atoms. The van der Waals surface area contributed by atoms with Crippen molar-refractivity contribution in [2.24, 2.45) is 16.7 Å². The van der Waals surface area contributed by atoms with Crippen LogP contribution >= 0.6 is 11.6 Å². The maximum atomic E-state index is 6.43. The second-order valence-electron chi connectivity index (χ2n) is 7.28. The Kier molecular flexibility index (Phi) is 3.28. The molecular formula is C17H24ClNO. The molecule has 110 valence electrons. The molecule has 2 saturated carbocycles. The van der Waals surface area contributed by atoms with E-state index in [1.54, 1.807) is 0 Å². The third kappa shape index (κ3) is 1.88. The zero-order chi connectivity index (χ0) is 14.5. The van der Waals surface area contributed by atoms with Crippen molar-refractivity contribution in [1.82, 2.24) is 4.98 Å². The van der Waals surface area contributed by atoms with Gasteiger partial charge in [0.1, 0.15) is 11.9 Å². The van der Waals surface area contributed by atoms with Gasteiger partial charge in [0.15, 0.2) is 0 Å². The molecule has 0 N–H and O–H groups in total. The fraction of sp³-hybridized carbons (Fsp3) is 0.706. The van der Waals surface area contributed by atoms with Gasteiger partial charge in [0.2, 0.25) is 0 Å². The Morgan fingerprint density at radius 1 is 1.40 bits per heavy atom. The fourth-order valence-corrected chi connectivity index (χ4v) is 4.44. The molecule has 2 fully saturated rings. The Labute approximate surface area is 126 Å². The van der Waals surface area contributed by atoms with Gasteiger partial charge in [-0.05, 0) is 37.5 Å². The number of hydrogen-bond donors (Lipinski definition) is 0. The first-order valence-corrected chi connectivity index (χ1v) is 8.10. The molecule has 2 aliphatic rings. The highest BCUT2D eigenvalue weighted by Gasteiger charge is 2.62. The van der Waals surface area contributed by atoms with E-state index in [1.165, 1.54) is 19.3 Å². The predicted molar refractivity (Wildman–Crippen MR) is 82.2 cm³/mol. The number of hydrogen-bond acceptors (Lipinski definition) is 2. The lowest BCUT2D eigenvalue weighted by atomic mass is 9.70. The number of aromatic nitrogens is 1. The number of fused-ring (bicyclic) bond motifs is 2. The van der Waals surface area contributed by atoms with E-state index in [9.17, 15) is 0 Å². The Bertz CT molecular complexity index is 528. The molecule has 0 aromatic carbocycles. The first kappa shape index (κ1) is 14.2. The van der Waals surface area contributed by atoms with E-state index < -0.39 is 0 Å². The number of alkyl halides is 1. The number of aryl methyl sites for hydroxylation is 1. The van der Waals surface area contributed by atoms with Crippen LogP contribution in [0.4, 0.5) is 0 Å². The van der Waals surface area contributed by atoms with Crippen molar-refractivity contribution in [3.05, 3.63) is 23.5 Å². The molecular weight excluding hydrogens is 270 g/mol. The number of pyridine rings is 1. The third-order valence-electron chi connectivity index (χ3n) is 6.21. The molecule has 0 spiro atoms. The highest BCUT2D eigenvalue weighted by molar-refractivity contribution is 6.17. The van der Waals surface area contributed by atoms with Gasteiger partial charge in [0, 0.05) is 28.9 Å². The smallest absolute Gasteiger partial charge is 0.127 e. The van der Waals surface area contributed by atoms with Gasteiger partial charge >= 0.3 is 0 Å². The van der Waals surface area contributed by atoms with E-state index in [-0.39, 0.29) is 5.41 Å². The van der Waals surface area contributed by atoms with Crippen molar-refractivity contribution in [2.45, 2.75) is 58.9 Å². The minimum atomic E-state index is 0.276. The van der Waals surface area contributed by atoms with Gasteiger partial charge in [-0.25, -0.2) is 0 Å². The summed E-state index contributed by atoms with van der Waals surface area (Å²) in [5, 5.41) is 0. The fourth-order valence-electron chi connectivity index (χ4n) is 4.23. The minimum absolute atomic E-state index is 0.276. The summed E-state index contributed by atoms with van der Waals surface area (Å²) in [5.74, 6) is 2.18. The van der Waals surface area contributed by atoms with Crippen LogP contribution in [0.3, 0.4) is 0 Å². The molecule has 2 nitrogen and oxygen atoms in total. The lowest BCUT2D eigenvalue weighted by Crippen LogP contribution is -2.39. The summed E-state index contributed by atoms with van der Waals surface area (Å²) in [6.45, 7) is 9.22. The van der Waals surface area contributed by atoms with Crippen LogP contribution in [0.2, 0.25) is 0 Å². The van der Waals surface area contributed by atoms with E-state index in [0.717, 1.165) is 22.9 Å². The highest BCUT2D eigenvalue weighted by atomic mass is 35.5. The molecule has 0 amide bonds. The molecule has 2 bridgehead atoms. The van der Waals surface area contributed by atoms with Crippen LogP contribution in [0.1, 0.15) is 51.3 Å². The molecule has 3 heteroatoms. The summed E-state index contributed by atoms with van der Waals surface area (Å²) in [6, 6.07) is 2.03. The molecule has 0 radical (unpaired) electrons. The monoisotopic (exact) mass is 293 g/mol. The normalized spacial score (nSPS) is 34.5. The van der Waals surface area contributed by atoms with Crippen LogP contribution in [-0.4, -0.2) is 11.1 Å². The molecule has 3 atom stereocenters. The SMILES string of the molecule is Cc1cc(OC2CC3CCC2(C)C3(C)C)c(CCl)cn1. The average Bonchev–Trinajstić information content (AvgIpc) is 2.72. The second kappa shape index (κ2) is 4.62. The van der Waals surface area contributed by atoms with Gasteiger partial charge in [-0.1, -0.05) is 20.8 Å². The zero-order valence-electron chi connectivity index (χ0n) is 12.9. The van der Waals surface area contributed by atoms with Crippen molar-refractivity contribution in [3.63, 3.8) is 0 Å². The first-order chi connectivity index (χ1) is 9.38. The van der Waals surface area contributed by atoms with Gasteiger partial charge in [0.05, 0.1) is 5.88 Å². The van der Waals surface area contributed by atoms with Gasteiger partial charge in [-0.2, -0.15) is 0 Å². The first-order valence-electron chi connectivity index (χ1n) is 7.56. The van der Waals surface area contributed by atoms with Crippen molar-refractivity contribution < 1.29 is 4.74 Å². The van der Waals surface area contributed by atoms with Gasteiger partial charge in [-0.15, -0.1) is 11.6 Å². The van der Waals surface area contributed by atoms with E-state index in [4.69, 9.17) is 16.3 Å². The van der Waals surface area contributed by atoms with Crippen LogP contribution in [0.25, 0.3) is 0 Å². The molecule has 0 aliphatic heterocycles. The van der Waals surface area contributed by atoms with Gasteiger partial charge < -0.3 is 4.74 Å². The summed E-state index contributed by atoms with van der Waals surface area (Å²) in [7, 11) is 0. The summed E-state index contributed by atoms with van der Waals surface area (Å²) in [6.07, 6.45) is 5.95. The molecule has 3 rings (SSSR count). The van der Waals surface area contributed by atoms with Crippen LogP contribution in [0.5, 0.6) is 5.75 Å². The summed E-state index contributed by atoms with van der Waals surface area (Å²) >= 11 is 6.02. The number of halogens is 1. The lowest BCUT2D eigenvalue weighted by molar-refractivity contribution is 0.0296.